The van der Waals surface area contributed by atoms with Gasteiger partial charge in [-0.05, 0) is 6.42 Å². The first-order chi connectivity index (χ1) is 5.65. The van der Waals surface area contributed by atoms with Crippen LogP contribution in [0.3, 0.4) is 0 Å². The third kappa shape index (κ3) is 1.73. The minimum absolute atomic E-state index is 0.143. The number of carbonyl (C=O) groups is 2. The number of carboxylic acid groups (broad SMARTS) is 1. The minimum Gasteiger partial charge on any atom is -0.479 e. The van der Waals surface area contributed by atoms with Gasteiger partial charge in [0, 0.05) is 0 Å². The molecular formula is C7H10O5. The van der Waals surface area contributed by atoms with E-state index in [-0.39, 0.29) is 13.0 Å². The lowest BCUT2D eigenvalue weighted by atomic mass is 10.1. The Morgan fingerprint density at radius 2 is 2.25 bits per heavy atom. The van der Waals surface area contributed by atoms with Crippen LogP contribution >= 0.6 is 0 Å². The van der Waals surface area contributed by atoms with E-state index in [1.54, 1.807) is 0 Å². The average molecular weight is 174 g/mol. The molecule has 1 fully saturated rings. The van der Waals surface area contributed by atoms with Gasteiger partial charge in [0.05, 0.1) is 19.6 Å². The highest BCUT2D eigenvalue weighted by molar-refractivity contribution is 5.77. The smallest absolute Gasteiger partial charge is 0.332 e. The molecule has 5 heteroatoms. The van der Waals surface area contributed by atoms with Crippen LogP contribution in [0.2, 0.25) is 0 Å². The molecule has 0 unspecified atom stereocenters. The second kappa shape index (κ2) is 3.53. The van der Waals surface area contributed by atoms with Gasteiger partial charge in [-0.25, -0.2) is 4.79 Å². The summed E-state index contributed by atoms with van der Waals surface area (Å²) >= 11 is 0. The molecule has 68 valence electrons. The van der Waals surface area contributed by atoms with Crippen LogP contribution in [0.15, 0.2) is 0 Å². The van der Waals surface area contributed by atoms with E-state index in [2.05, 4.69) is 4.74 Å². The minimum atomic E-state index is -1.03. The molecule has 0 aromatic rings. The number of rotatable bonds is 2. The molecule has 1 rings (SSSR count). The topological polar surface area (TPSA) is 72.8 Å². The molecule has 0 radical (unpaired) electrons. The number of methoxy groups -OCH3 is 1. The van der Waals surface area contributed by atoms with Gasteiger partial charge in [0.2, 0.25) is 0 Å². The first kappa shape index (κ1) is 8.99. The Balaban J connectivity index is 2.45. The van der Waals surface area contributed by atoms with Gasteiger partial charge < -0.3 is 14.6 Å². The zero-order chi connectivity index (χ0) is 9.14. The van der Waals surface area contributed by atoms with Gasteiger partial charge in [-0.1, -0.05) is 0 Å². The van der Waals surface area contributed by atoms with Gasteiger partial charge >= 0.3 is 11.9 Å². The molecule has 2 atom stereocenters. The van der Waals surface area contributed by atoms with Crippen LogP contribution in [0.4, 0.5) is 0 Å². The number of hydrogen-bond acceptors (Lipinski definition) is 4. The SMILES string of the molecule is COC(=O)[C@H]1CO[C@@H](C(=O)O)C1. The summed E-state index contributed by atoms with van der Waals surface area (Å²) in [6.45, 7) is 0.143. The molecule has 0 aliphatic carbocycles. The molecule has 0 bridgehead atoms. The molecule has 0 spiro atoms. The first-order valence-electron chi connectivity index (χ1n) is 3.57. The molecule has 5 nitrogen and oxygen atoms in total. The van der Waals surface area contributed by atoms with Gasteiger partial charge in [-0.2, -0.15) is 0 Å². The monoisotopic (exact) mass is 174 g/mol. The van der Waals surface area contributed by atoms with Crippen molar-refractivity contribution in [3.63, 3.8) is 0 Å². The summed E-state index contributed by atoms with van der Waals surface area (Å²) in [4.78, 5) is 21.3. The van der Waals surface area contributed by atoms with E-state index >= 15 is 0 Å². The zero-order valence-corrected chi connectivity index (χ0v) is 6.65. The third-order valence-corrected chi connectivity index (χ3v) is 1.81. The highest BCUT2D eigenvalue weighted by atomic mass is 16.5. The normalized spacial score (nSPS) is 28.4. The van der Waals surface area contributed by atoms with E-state index in [9.17, 15) is 9.59 Å². The molecule has 0 saturated carbocycles. The van der Waals surface area contributed by atoms with Gasteiger partial charge in [-0.15, -0.1) is 0 Å². The molecule has 1 N–H and O–H groups in total. The van der Waals surface area contributed by atoms with Crippen molar-refractivity contribution in [1.29, 1.82) is 0 Å². The van der Waals surface area contributed by atoms with E-state index in [1.807, 2.05) is 0 Å². The van der Waals surface area contributed by atoms with Crippen LogP contribution in [0.1, 0.15) is 6.42 Å². The van der Waals surface area contributed by atoms with E-state index in [1.165, 1.54) is 7.11 Å². The van der Waals surface area contributed by atoms with Crippen LogP contribution < -0.4 is 0 Å². The van der Waals surface area contributed by atoms with E-state index in [0.717, 1.165) is 0 Å². The quantitative estimate of drug-likeness (QED) is 0.579. The maximum atomic E-state index is 10.9. The molecule has 1 heterocycles. The molecule has 1 aliphatic rings. The highest BCUT2D eigenvalue weighted by Crippen LogP contribution is 2.20. The predicted octanol–water partition coefficient (Wildman–Crippen LogP) is -0.351. The number of carboxylic acids is 1. The molecule has 0 aromatic carbocycles. The Morgan fingerprint density at radius 1 is 1.58 bits per heavy atom. The largest absolute Gasteiger partial charge is 0.479 e. The number of ether oxygens (including phenoxy) is 2. The summed E-state index contributed by atoms with van der Waals surface area (Å²) in [6.07, 6.45) is -0.642. The van der Waals surface area contributed by atoms with Crippen molar-refractivity contribution in [1.82, 2.24) is 0 Å². The van der Waals surface area contributed by atoms with Crippen molar-refractivity contribution in [3.8, 4) is 0 Å². The van der Waals surface area contributed by atoms with Crippen LogP contribution in [-0.2, 0) is 19.1 Å². The van der Waals surface area contributed by atoms with Crippen molar-refractivity contribution >= 4 is 11.9 Å². The van der Waals surface area contributed by atoms with Crippen LogP contribution in [0, 0.1) is 5.92 Å². The lowest BCUT2D eigenvalue weighted by molar-refractivity contribution is -0.147. The standard InChI is InChI=1S/C7H10O5/c1-11-7(10)4-2-5(6(8)9)12-3-4/h4-5H,2-3H2,1H3,(H,8,9)/t4-,5-/m1/s1. The molecule has 1 aliphatic heterocycles. The van der Waals surface area contributed by atoms with E-state index < -0.39 is 24.0 Å². The maximum Gasteiger partial charge on any atom is 0.332 e. The maximum absolute atomic E-state index is 10.9. The number of carbonyl (C=O) groups excluding carboxylic acids is 1. The Kier molecular flexibility index (Phi) is 2.65. The Labute approximate surface area is 69.3 Å². The Hall–Kier alpha value is -1.10. The fraction of sp³-hybridized carbons (Fsp3) is 0.714. The van der Waals surface area contributed by atoms with Crippen molar-refractivity contribution < 1.29 is 24.2 Å². The Bertz CT molecular complexity index is 200. The molecular weight excluding hydrogens is 164 g/mol. The summed E-state index contributed by atoms with van der Waals surface area (Å²) < 4.78 is 9.30. The third-order valence-electron chi connectivity index (χ3n) is 1.81. The Morgan fingerprint density at radius 3 is 2.67 bits per heavy atom. The summed E-state index contributed by atoms with van der Waals surface area (Å²) in [5.74, 6) is -1.85. The molecule has 0 amide bonds. The fourth-order valence-electron chi connectivity index (χ4n) is 1.13. The van der Waals surface area contributed by atoms with E-state index in [4.69, 9.17) is 9.84 Å². The second-order valence-electron chi connectivity index (χ2n) is 2.62. The van der Waals surface area contributed by atoms with Crippen LogP contribution in [0.25, 0.3) is 0 Å². The molecule has 12 heavy (non-hydrogen) atoms. The fourth-order valence-corrected chi connectivity index (χ4v) is 1.13. The lowest BCUT2D eigenvalue weighted by Crippen LogP contribution is -2.20. The predicted molar refractivity (Wildman–Crippen MR) is 37.5 cm³/mol. The van der Waals surface area contributed by atoms with Crippen LogP contribution in [-0.4, -0.2) is 36.9 Å². The summed E-state index contributed by atoms with van der Waals surface area (Å²) in [6, 6.07) is 0. The number of aliphatic carboxylic acids is 1. The van der Waals surface area contributed by atoms with Gasteiger partial charge in [-0.3, -0.25) is 4.79 Å². The van der Waals surface area contributed by atoms with E-state index in [0.29, 0.717) is 0 Å². The number of hydrogen-bond donors (Lipinski definition) is 1. The van der Waals surface area contributed by atoms with Gasteiger partial charge in [0.25, 0.3) is 0 Å². The summed E-state index contributed by atoms with van der Waals surface area (Å²) in [5.41, 5.74) is 0. The lowest BCUT2D eigenvalue weighted by Gasteiger charge is -2.02. The van der Waals surface area contributed by atoms with Crippen LogP contribution in [0.5, 0.6) is 0 Å². The summed E-state index contributed by atoms with van der Waals surface area (Å²) in [5, 5.41) is 8.51. The summed E-state index contributed by atoms with van der Waals surface area (Å²) in [7, 11) is 1.27. The van der Waals surface area contributed by atoms with Crippen molar-refractivity contribution in [3.05, 3.63) is 0 Å². The number of esters is 1. The van der Waals surface area contributed by atoms with Gasteiger partial charge in [0.1, 0.15) is 0 Å². The zero-order valence-electron chi connectivity index (χ0n) is 6.65. The average Bonchev–Trinajstić information content (AvgIpc) is 2.51. The highest BCUT2D eigenvalue weighted by Gasteiger charge is 2.35. The molecule has 0 aromatic heterocycles. The first-order valence-corrected chi connectivity index (χ1v) is 3.57. The van der Waals surface area contributed by atoms with Crippen molar-refractivity contribution in [2.45, 2.75) is 12.5 Å². The van der Waals surface area contributed by atoms with Crippen molar-refractivity contribution in [2.75, 3.05) is 13.7 Å². The second-order valence-corrected chi connectivity index (χ2v) is 2.62. The van der Waals surface area contributed by atoms with Crippen molar-refractivity contribution in [2.24, 2.45) is 5.92 Å². The van der Waals surface area contributed by atoms with Gasteiger partial charge in [0.15, 0.2) is 6.10 Å². The molecule has 1 saturated heterocycles.